The van der Waals surface area contributed by atoms with Gasteiger partial charge in [0.1, 0.15) is 5.82 Å². The Hall–Kier alpha value is -1.87. The van der Waals surface area contributed by atoms with Crippen molar-refractivity contribution in [1.82, 2.24) is 0 Å². The van der Waals surface area contributed by atoms with Gasteiger partial charge in [-0.2, -0.15) is 0 Å². The Bertz CT molecular complexity index is 708. The number of amides is 1. The Morgan fingerprint density at radius 2 is 1.86 bits per heavy atom. The van der Waals surface area contributed by atoms with Crippen molar-refractivity contribution in [3.05, 3.63) is 64.4 Å². The number of benzene rings is 2. The molecule has 0 atom stereocenters. The third-order valence-corrected chi connectivity index (χ3v) is 4.66. The number of rotatable bonds is 3. The summed E-state index contributed by atoms with van der Waals surface area (Å²) in [6.07, 6.45) is 2.54. The van der Waals surface area contributed by atoms with Gasteiger partial charge >= 0.3 is 0 Å². The zero-order valence-electron chi connectivity index (χ0n) is 12.3. The van der Waals surface area contributed by atoms with E-state index in [0.717, 1.165) is 30.4 Å². The summed E-state index contributed by atoms with van der Waals surface area (Å²) in [7, 11) is 0. The summed E-state index contributed by atoms with van der Waals surface area (Å²) >= 11 is 5.92. The first-order valence-electron chi connectivity index (χ1n) is 7.35. The molecule has 22 heavy (non-hydrogen) atoms. The molecule has 1 saturated carbocycles. The lowest BCUT2D eigenvalue weighted by molar-refractivity contribution is -0.124. The van der Waals surface area contributed by atoms with E-state index in [9.17, 15) is 9.18 Å². The van der Waals surface area contributed by atoms with Gasteiger partial charge in [0.25, 0.3) is 0 Å². The maximum atomic E-state index is 13.9. The van der Waals surface area contributed by atoms with Crippen LogP contribution in [0, 0.1) is 12.7 Å². The van der Waals surface area contributed by atoms with Crippen molar-refractivity contribution >= 4 is 23.2 Å². The third-order valence-electron chi connectivity index (χ3n) is 4.41. The van der Waals surface area contributed by atoms with Crippen molar-refractivity contribution in [3.8, 4) is 0 Å². The zero-order chi connectivity index (χ0) is 15.7. The molecule has 0 saturated heterocycles. The molecule has 0 aliphatic heterocycles. The lowest BCUT2D eigenvalue weighted by Gasteiger charge is -2.40. The second-order valence-electron chi connectivity index (χ2n) is 5.88. The topological polar surface area (TPSA) is 29.1 Å². The molecule has 0 bridgehead atoms. The van der Waals surface area contributed by atoms with Crippen molar-refractivity contribution in [3.63, 3.8) is 0 Å². The monoisotopic (exact) mass is 317 g/mol. The lowest BCUT2D eigenvalue weighted by Crippen LogP contribution is -2.46. The molecule has 2 nitrogen and oxygen atoms in total. The number of carbonyl (C=O) groups excluding carboxylic acids is 1. The van der Waals surface area contributed by atoms with E-state index in [1.807, 2.05) is 19.1 Å². The highest BCUT2D eigenvalue weighted by molar-refractivity contribution is 6.30. The Morgan fingerprint density at radius 3 is 2.41 bits per heavy atom. The molecule has 2 aromatic carbocycles. The minimum atomic E-state index is -0.568. The van der Waals surface area contributed by atoms with Crippen molar-refractivity contribution < 1.29 is 9.18 Å². The second-order valence-corrected chi connectivity index (χ2v) is 6.32. The first-order chi connectivity index (χ1) is 10.5. The molecule has 0 unspecified atom stereocenters. The van der Waals surface area contributed by atoms with E-state index >= 15 is 0 Å². The number of hydrogen-bond acceptors (Lipinski definition) is 1. The van der Waals surface area contributed by atoms with Crippen molar-refractivity contribution in [2.24, 2.45) is 0 Å². The predicted octanol–water partition coefficient (Wildman–Crippen LogP) is 4.85. The second kappa shape index (κ2) is 5.73. The van der Waals surface area contributed by atoms with E-state index in [-0.39, 0.29) is 11.6 Å². The quantitative estimate of drug-likeness (QED) is 0.861. The van der Waals surface area contributed by atoms with Crippen LogP contribution in [0.15, 0.2) is 42.5 Å². The van der Waals surface area contributed by atoms with Gasteiger partial charge in [-0.1, -0.05) is 36.2 Å². The Balaban J connectivity index is 1.87. The summed E-state index contributed by atoms with van der Waals surface area (Å²) < 4.78 is 13.9. The van der Waals surface area contributed by atoms with E-state index in [0.29, 0.717) is 5.02 Å². The number of halogens is 2. The highest BCUT2D eigenvalue weighted by Crippen LogP contribution is 2.45. The van der Waals surface area contributed by atoms with Gasteiger partial charge in [0.15, 0.2) is 0 Å². The molecule has 3 rings (SSSR count). The molecule has 2 aromatic rings. The predicted molar refractivity (Wildman–Crippen MR) is 86.7 cm³/mol. The summed E-state index contributed by atoms with van der Waals surface area (Å²) in [6.45, 7) is 1.82. The van der Waals surface area contributed by atoms with Gasteiger partial charge in [0.05, 0.1) is 11.1 Å². The summed E-state index contributed by atoms with van der Waals surface area (Å²) in [6, 6.07) is 12.2. The Morgan fingerprint density at radius 1 is 1.18 bits per heavy atom. The zero-order valence-corrected chi connectivity index (χ0v) is 13.1. The Labute approximate surface area is 134 Å². The summed E-state index contributed by atoms with van der Waals surface area (Å²) in [5, 5.41) is 3.39. The molecule has 0 spiro atoms. The van der Waals surface area contributed by atoms with Crippen LogP contribution in [-0.2, 0) is 10.2 Å². The summed E-state index contributed by atoms with van der Waals surface area (Å²) in [4.78, 5) is 12.7. The van der Waals surface area contributed by atoms with Crippen molar-refractivity contribution in [2.45, 2.75) is 31.6 Å². The first kappa shape index (κ1) is 15.0. The van der Waals surface area contributed by atoms with E-state index < -0.39 is 11.2 Å². The average Bonchev–Trinajstić information content (AvgIpc) is 2.43. The van der Waals surface area contributed by atoms with Crippen LogP contribution >= 0.6 is 11.6 Å². The summed E-state index contributed by atoms with van der Waals surface area (Å²) in [5.74, 6) is -0.553. The smallest absolute Gasteiger partial charge is 0.235 e. The molecule has 0 radical (unpaired) electrons. The molecule has 1 fully saturated rings. The van der Waals surface area contributed by atoms with Crippen LogP contribution in [0.2, 0.25) is 5.02 Å². The van der Waals surface area contributed by atoms with Crippen LogP contribution < -0.4 is 5.32 Å². The third kappa shape index (κ3) is 2.61. The normalized spacial score (nSPS) is 16.0. The van der Waals surface area contributed by atoms with Crippen LogP contribution in [0.25, 0.3) is 0 Å². The molecular weight excluding hydrogens is 301 g/mol. The van der Waals surface area contributed by atoms with E-state index in [2.05, 4.69) is 5.32 Å². The van der Waals surface area contributed by atoms with Crippen LogP contribution in [0.1, 0.15) is 30.4 Å². The number of hydrogen-bond donors (Lipinski definition) is 1. The van der Waals surface area contributed by atoms with Crippen LogP contribution in [-0.4, -0.2) is 5.91 Å². The molecule has 1 aliphatic rings. The highest BCUT2D eigenvalue weighted by Gasteiger charge is 2.45. The molecule has 1 N–H and O–H groups in total. The minimum Gasteiger partial charge on any atom is -0.323 e. The Kier molecular flexibility index (Phi) is 3.92. The van der Waals surface area contributed by atoms with Gasteiger partial charge in [-0.05, 0) is 55.2 Å². The van der Waals surface area contributed by atoms with E-state index in [4.69, 9.17) is 11.6 Å². The number of carbonyl (C=O) groups is 1. The SMILES string of the molecule is Cc1ccc(NC(=O)C2(c3ccc(Cl)cc3)CCC2)c(F)c1. The first-order valence-corrected chi connectivity index (χ1v) is 7.73. The molecule has 1 amide bonds. The maximum Gasteiger partial charge on any atom is 0.235 e. The lowest BCUT2D eigenvalue weighted by atomic mass is 9.64. The van der Waals surface area contributed by atoms with Gasteiger partial charge in [0.2, 0.25) is 5.91 Å². The fraction of sp³-hybridized carbons (Fsp3) is 0.278. The van der Waals surface area contributed by atoms with Crippen molar-refractivity contribution in [2.75, 3.05) is 5.32 Å². The molecule has 4 heteroatoms. The van der Waals surface area contributed by atoms with Gasteiger partial charge in [-0.15, -0.1) is 0 Å². The van der Waals surface area contributed by atoms with Crippen LogP contribution in [0.5, 0.6) is 0 Å². The standard InChI is InChI=1S/C18H17ClFNO/c1-12-3-8-16(15(20)11-12)21-17(22)18(9-2-10-18)13-4-6-14(19)7-5-13/h3-8,11H,2,9-10H2,1H3,(H,21,22). The molecule has 0 heterocycles. The maximum absolute atomic E-state index is 13.9. The minimum absolute atomic E-state index is 0.149. The van der Waals surface area contributed by atoms with Gasteiger partial charge < -0.3 is 5.32 Å². The summed E-state index contributed by atoms with van der Waals surface area (Å²) in [5.41, 5.74) is 1.43. The van der Waals surface area contributed by atoms with Crippen molar-refractivity contribution in [1.29, 1.82) is 0 Å². The fourth-order valence-electron chi connectivity index (χ4n) is 2.91. The average molecular weight is 318 g/mol. The fourth-order valence-corrected chi connectivity index (χ4v) is 3.04. The number of nitrogens with one attached hydrogen (secondary N) is 1. The molecule has 1 aliphatic carbocycles. The van der Waals surface area contributed by atoms with Gasteiger partial charge in [-0.3, -0.25) is 4.79 Å². The van der Waals surface area contributed by atoms with E-state index in [1.54, 1.807) is 24.3 Å². The van der Waals surface area contributed by atoms with Gasteiger partial charge in [0, 0.05) is 5.02 Å². The molecular formula is C18H17ClFNO. The molecule has 0 aromatic heterocycles. The van der Waals surface area contributed by atoms with E-state index in [1.165, 1.54) is 6.07 Å². The molecule has 114 valence electrons. The number of aryl methyl sites for hydroxylation is 1. The largest absolute Gasteiger partial charge is 0.323 e. The highest BCUT2D eigenvalue weighted by atomic mass is 35.5. The number of anilines is 1. The van der Waals surface area contributed by atoms with Crippen LogP contribution in [0.3, 0.4) is 0 Å². The van der Waals surface area contributed by atoms with Gasteiger partial charge in [-0.25, -0.2) is 4.39 Å². The van der Waals surface area contributed by atoms with Crippen LogP contribution in [0.4, 0.5) is 10.1 Å².